The van der Waals surface area contributed by atoms with Crippen LogP contribution in [0.15, 0.2) is 48.0 Å². The second-order valence-corrected chi connectivity index (χ2v) is 7.54. The van der Waals surface area contributed by atoms with Crippen molar-refractivity contribution in [2.75, 3.05) is 33.2 Å². The molecule has 4 rings (SSSR count). The fraction of sp³-hybridized carbons (Fsp3) is 0.286. The number of methoxy groups -OCH3 is 3. The highest BCUT2D eigenvalue weighted by atomic mass is 32.1. The molecule has 1 atom stereocenters. The summed E-state index contributed by atoms with van der Waals surface area (Å²) in [5, 5.41) is 5.76. The fourth-order valence-corrected chi connectivity index (χ4v) is 4.35. The monoisotopic (exact) mass is 413 g/mol. The molecule has 2 aromatic heterocycles. The van der Waals surface area contributed by atoms with E-state index in [1.165, 1.54) is 11.3 Å². The lowest BCUT2D eigenvalue weighted by molar-refractivity contribution is 0.181. The van der Waals surface area contributed by atoms with E-state index in [0.29, 0.717) is 23.8 Å². The third-order valence-corrected chi connectivity index (χ3v) is 5.84. The molecule has 1 aromatic carbocycles. The molecule has 29 heavy (non-hydrogen) atoms. The Kier molecular flexibility index (Phi) is 5.35. The molecule has 0 saturated heterocycles. The van der Waals surface area contributed by atoms with Gasteiger partial charge in [-0.25, -0.2) is 4.79 Å². The van der Waals surface area contributed by atoms with Gasteiger partial charge >= 0.3 is 6.03 Å². The van der Waals surface area contributed by atoms with Gasteiger partial charge in [0.25, 0.3) is 0 Å². The van der Waals surface area contributed by atoms with Crippen LogP contribution in [0.1, 0.15) is 17.3 Å². The maximum absolute atomic E-state index is 13.1. The molecule has 7 nitrogen and oxygen atoms in total. The molecule has 3 heterocycles. The minimum Gasteiger partial charge on any atom is -0.493 e. The van der Waals surface area contributed by atoms with Crippen LogP contribution in [0.2, 0.25) is 0 Å². The largest absolute Gasteiger partial charge is 0.493 e. The van der Waals surface area contributed by atoms with E-state index in [2.05, 4.69) is 9.88 Å². The van der Waals surface area contributed by atoms with Crippen molar-refractivity contribution in [3.05, 3.63) is 59.2 Å². The van der Waals surface area contributed by atoms with E-state index >= 15 is 0 Å². The Balaban J connectivity index is 1.78. The van der Waals surface area contributed by atoms with Crippen molar-refractivity contribution < 1.29 is 19.0 Å². The summed E-state index contributed by atoms with van der Waals surface area (Å²) in [6.45, 7) is 1.32. The van der Waals surface area contributed by atoms with E-state index in [1.54, 1.807) is 21.3 Å². The number of ether oxygens (including phenoxy) is 3. The molecule has 0 unspecified atom stereocenters. The average molecular weight is 413 g/mol. The molecule has 3 aromatic rings. The molecule has 1 aliphatic rings. The lowest BCUT2D eigenvalue weighted by Gasteiger charge is -2.37. The van der Waals surface area contributed by atoms with E-state index < -0.39 is 0 Å². The number of fused-ring (bicyclic) bond motifs is 1. The van der Waals surface area contributed by atoms with Crippen molar-refractivity contribution >= 4 is 22.4 Å². The molecular formula is C21H23N3O4S. The number of aromatic nitrogens is 1. The summed E-state index contributed by atoms with van der Waals surface area (Å²) < 4.78 is 18.7. The van der Waals surface area contributed by atoms with Crippen LogP contribution in [0.5, 0.6) is 17.2 Å². The second kappa shape index (κ2) is 8.08. The molecule has 2 amide bonds. The normalized spacial score (nSPS) is 15.6. The third kappa shape index (κ3) is 3.51. The summed E-state index contributed by atoms with van der Waals surface area (Å²) in [5.41, 5.74) is 1.92. The maximum atomic E-state index is 13.1. The predicted molar refractivity (Wildman–Crippen MR) is 112 cm³/mol. The van der Waals surface area contributed by atoms with Crippen LogP contribution in [0.3, 0.4) is 0 Å². The quantitative estimate of drug-likeness (QED) is 0.680. The first-order chi connectivity index (χ1) is 14.2. The molecule has 8 heteroatoms. The minimum atomic E-state index is -0.285. The summed E-state index contributed by atoms with van der Waals surface area (Å²) in [5.74, 6) is 1.65. The Morgan fingerprint density at radius 2 is 1.83 bits per heavy atom. The standard InChI is InChI=1S/C21H23N3O4S/c1-26-16-12-14(13-17(27-2)20(16)28-3)19-15-6-4-8-23(15)9-10-24(19)21(25)22-18-7-5-11-29-18/h4-8,11-13,19H,9-10H2,1-3H3,(H,22,25)/t19-/m0/s1. The summed E-state index contributed by atoms with van der Waals surface area (Å²) in [7, 11) is 4.75. The summed E-state index contributed by atoms with van der Waals surface area (Å²) >= 11 is 1.50. The summed E-state index contributed by atoms with van der Waals surface area (Å²) in [4.78, 5) is 15.0. The fourth-order valence-electron chi connectivity index (χ4n) is 3.74. The molecule has 152 valence electrons. The van der Waals surface area contributed by atoms with Crippen LogP contribution in [-0.2, 0) is 6.54 Å². The lowest BCUT2D eigenvalue weighted by Crippen LogP contribution is -2.44. The van der Waals surface area contributed by atoms with Crippen LogP contribution in [0, 0.1) is 0 Å². The minimum absolute atomic E-state index is 0.140. The van der Waals surface area contributed by atoms with Gasteiger partial charge in [0.05, 0.1) is 32.4 Å². The zero-order valence-electron chi connectivity index (χ0n) is 16.5. The van der Waals surface area contributed by atoms with Crippen molar-refractivity contribution in [1.29, 1.82) is 0 Å². The Hall–Kier alpha value is -3.13. The molecule has 0 spiro atoms. The van der Waals surface area contributed by atoms with Crippen molar-refractivity contribution in [3.8, 4) is 17.2 Å². The molecule has 0 saturated carbocycles. The number of benzene rings is 1. The van der Waals surface area contributed by atoms with Gasteiger partial charge in [-0.15, -0.1) is 11.3 Å². The Morgan fingerprint density at radius 3 is 2.45 bits per heavy atom. The number of hydrogen-bond acceptors (Lipinski definition) is 5. The highest BCUT2D eigenvalue weighted by molar-refractivity contribution is 7.14. The highest BCUT2D eigenvalue weighted by Crippen LogP contribution is 2.43. The van der Waals surface area contributed by atoms with E-state index in [1.807, 2.05) is 52.9 Å². The maximum Gasteiger partial charge on any atom is 0.323 e. The van der Waals surface area contributed by atoms with Crippen LogP contribution < -0.4 is 19.5 Å². The number of anilines is 1. The number of carbonyl (C=O) groups is 1. The van der Waals surface area contributed by atoms with Crippen LogP contribution in [0.4, 0.5) is 9.80 Å². The molecular weight excluding hydrogens is 390 g/mol. The summed E-state index contributed by atoms with van der Waals surface area (Å²) in [6.07, 6.45) is 2.04. The van der Waals surface area contributed by atoms with Crippen LogP contribution in [-0.4, -0.2) is 43.4 Å². The van der Waals surface area contributed by atoms with Crippen molar-refractivity contribution in [1.82, 2.24) is 9.47 Å². The Morgan fingerprint density at radius 1 is 1.07 bits per heavy atom. The number of carbonyl (C=O) groups excluding carboxylic acids is 1. The molecule has 0 aliphatic carbocycles. The molecule has 1 aliphatic heterocycles. The van der Waals surface area contributed by atoms with Gasteiger partial charge in [0.2, 0.25) is 5.75 Å². The van der Waals surface area contributed by atoms with E-state index in [4.69, 9.17) is 14.2 Å². The van der Waals surface area contributed by atoms with Crippen molar-refractivity contribution in [2.24, 2.45) is 0 Å². The molecule has 1 N–H and O–H groups in total. The van der Waals surface area contributed by atoms with Gasteiger partial charge in [-0.3, -0.25) is 5.32 Å². The third-order valence-electron chi connectivity index (χ3n) is 5.05. The number of nitrogens with one attached hydrogen (secondary N) is 1. The lowest BCUT2D eigenvalue weighted by atomic mass is 9.99. The molecule has 0 bridgehead atoms. The van der Waals surface area contributed by atoms with Gasteiger partial charge in [-0.05, 0) is 47.3 Å². The van der Waals surface area contributed by atoms with Gasteiger partial charge in [0, 0.05) is 25.0 Å². The zero-order valence-corrected chi connectivity index (χ0v) is 17.4. The van der Waals surface area contributed by atoms with Crippen LogP contribution >= 0.6 is 11.3 Å². The second-order valence-electron chi connectivity index (χ2n) is 6.59. The van der Waals surface area contributed by atoms with Gasteiger partial charge in [-0.2, -0.15) is 0 Å². The van der Waals surface area contributed by atoms with E-state index in [9.17, 15) is 4.79 Å². The van der Waals surface area contributed by atoms with Gasteiger partial charge < -0.3 is 23.7 Å². The average Bonchev–Trinajstić information content (AvgIpc) is 3.43. The van der Waals surface area contributed by atoms with E-state index in [0.717, 1.165) is 22.8 Å². The van der Waals surface area contributed by atoms with Crippen molar-refractivity contribution in [2.45, 2.75) is 12.6 Å². The summed E-state index contributed by atoms with van der Waals surface area (Å²) in [6, 6.07) is 11.2. The van der Waals surface area contributed by atoms with Crippen LogP contribution in [0.25, 0.3) is 0 Å². The van der Waals surface area contributed by atoms with Gasteiger partial charge in [0.1, 0.15) is 0 Å². The predicted octanol–water partition coefficient (Wildman–Crippen LogP) is 4.21. The first kappa shape index (κ1) is 19.2. The topological polar surface area (TPSA) is 65.0 Å². The zero-order chi connectivity index (χ0) is 20.4. The number of rotatable bonds is 5. The number of amides is 2. The number of thiophene rings is 1. The van der Waals surface area contributed by atoms with E-state index in [-0.39, 0.29) is 12.1 Å². The molecule has 0 fully saturated rings. The SMILES string of the molecule is COc1cc([C@H]2c3cccn3CCN2C(=O)Nc2cccs2)cc(OC)c1OC. The first-order valence-corrected chi connectivity index (χ1v) is 10.1. The molecule has 0 radical (unpaired) electrons. The number of hydrogen-bond donors (Lipinski definition) is 1. The van der Waals surface area contributed by atoms with Gasteiger partial charge in [-0.1, -0.05) is 0 Å². The smallest absolute Gasteiger partial charge is 0.323 e. The number of urea groups is 1. The van der Waals surface area contributed by atoms with Crippen molar-refractivity contribution in [3.63, 3.8) is 0 Å². The Bertz CT molecular complexity index is 974. The number of nitrogens with zero attached hydrogens (tertiary/aromatic N) is 2. The first-order valence-electron chi connectivity index (χ1n) is 9.22. The van der Waals surface area contributed by atoms with Gasteiger partial charge in [0.15, 0.2) is 11.5 Å². The highest BCUT2D eigenvalue weighted by Gasteiger charge is 2.33. The Labute approximate surface area is 173 Å².